The van der Waals surface area contributed by atoms with E-state index >= 15 is 0 Å². The van der Waals surface area contributed by atoms with Crippen molar-refractivity contribution in [1.29, 1.82) is 0 Å². The zero-order valence-corrected chi connectivity index (χ0v) is 17.6. The van der Waals surface area contributed by atoms with E-state index in [0.717, 1.165) is 16.3 Å². The summed E-state index contributed by atoms with van der Waals surface area (Å²) in [5.74, 6) is 0. The topological polar surface area (TPSA) is 102 Å². The van der Waals surface area contributed by atoms with Crippen LogP contribution >= 0.6 is 0 Å². The second-order valence-electron chi connectivity index (χ2n) is 7.51. The first kappa shape index (κ1) is 21.6. The number of hydrogen-bond acceptors (Lipinski definition) is 6. The zero-order valence-electron chi connectivity index (χ0n) is 17.6. The monoisotopic (exact) mass is 445 g/mol. The molecule has 0 spiro atoms. The van der Waals surface area contributed by atoms with Gasteiger partial charge in [0, 0.05) is 14.1 Å². The van der Waals surface area contributed by atoms with Crippen LogP contribution in [0.15, 0.2) is 52.4 Å². The maximum atomic E-state index is 14.7. The molecule has 0 aliphatic heterocycles. The Kier molecular flexibility index (Phi) is 5.46. The Balaban J connectivity index is 1.51. The van der Waals surface area contributed by atoms with E-state index in [4.69, 9.17) is 4.74 Å². The van der Waals surface area contributed by atoms with Gasteiger partial charge in [0.2, 0.25) is 0 Å². The summed E-state index contributed by atoms with van der Waals surface area (Å²) in [5.41, 5.74) is -0.521. The Morgan fingerprint density at radius 3 is 2.56 bits per heavy atom. The number of aromatic nitrogens is 7. The molecule has 1 atom stereocenters. The van der Waals surface area contributed by atoms with Crippen LogP contribution in [0.25, 0.3) is 11.2 Å². The molecule has 0 saturated heterocycles. The highest BCUT2D eigenvalue weighted by Gasteiger charge is 2.38. The fourth-order valence-corrected chi connectivity index (χ4v) is 3.44. The summed E-state index contributed by atoms with van der Waals surface area (Å²) in [7, 11) is 2.82. The number of aryl methyl sites for hydroxylation is 1. The fourth-order valence-electron chi connectivity index (χ4n) is 3.44. The van der Waals surface area contributed by atoms with E-state index in [0.29, 0.717) is 6.54 Å². The standard InChI is InChI=1S/C20H21F2N7O3/c1-13(9-28-12-23-17-16(28)18(30)27(3)19(31)26(17)2)32-20(21,22)15-11-29(25-24-15)10-14-7-5-4-6-8-14/h4-8,11-13H,9-10H2,1-3H3. The summed E-state index contributed by atoms with van der Waals surface area (Å²) in [5, 5.41) is 7.31. The average Bonchev–Trinajstić information content (AvgIpc) is 3.39. The van der Waals surface area contributed by atoms with Gasteiger partial charge in [-0.15, -0.1) is 5.10 Å². The van der Waals surface area contributed by atoms with Crippen LogP contribution in [-0.4, -0.2) is 39.8 Å². The largest absolute Gasteiger partial charge is 0.403 e. The van der Waals surface area contributed by atoms with Crippen molar-refractivity contribution >= 4 is 11.2 Å². The maximum absolute atomic E-state index is 14.7. The van der Waals surface area contributed by atoms with Crippen molar-refractivity contribution in [3.63, 3.8) is 0 Å². The quantitative estimate of drug-likeness (QED) is 0.424. The number of hydrogen-bond donors (Lipinski definition) is 0. The summed E-state index contributed by atoms with van der Waals surface area (Å²) in [6.07, 6.45) is -2.25. The number of rotatable bonds is 7. The molecule has 0 saturated carbocycles. The van der Waals surface area contributed by atoms with Crippen LogP contribution in [0.1, 0.15) is 18.2 Å². The van der Waals surface area contributed by atoms with Crippen molar-refractivity contribution in [2.75, 3.05) is 0 Å². The highest BCUT2D eigenvalue weighted by Crippen LogP contribution is 2.29. The van der Waals surface area contributed by atoms with Crippen LogP contribution < -0.4 is 11.2 Å². The smallest absolute Gasteiger partial charge is 0.322 e. The van der Waals surface area contributed by atoms with E-state index in [2.05, 4.69) is 15.3 Å². The molecule has 4 aromatic rings. The third kappa shape index (κ3) is 3.96. The van der Waals surface area contributed by atoms with Gasteiger partial charge in [0.15, 0.2) is 16.9 Å². The van der Waals surface area contributed by atoms with Crippen molar-refractivity contribution in [2.24, 2.45) is 14.1 Å². The SMILES string of the molecule is CC(Cn1cnc2c1c(=O)n(C)c(=O)n2C)OC(F)(F)c1cn(Cc2ccccc2)nn1. The van der Waals surface area contributed by atoms with Gasteiger partial charge in [-0.2, -0.15) is 8.78 Å². The third-order valence-corrected chi connectivity index (χ3v) is 5.04. The molecule has 0 radical (unpaired) electrons. The molecule has 32 heavy (non-hydrogen) atoms. The Labute approximate surface area is 180 Å². The number of nitrogens with zero attached hydrogens (tertiary/aromatic N) is 7. The van der Waals surface area contributed by atoms with Crippen molar-refractivity contribution in [3.05, 3.63) is 75.0 Å². The third-order valence-electron chi connectivity index (χ3n) is 5.04. The van der Waals surface area contributed by atoms with E-state index in [1.54, 1.807) is 0 Å². The highest BCUT2D eigenvalue weighted by atomic mass is 19.3. The summed E-state index contributed by atoms with van der Waals surface area (Å²) in [4.78, 5) is 28.6. The molecule has 0 aliphatic carbocycles. The van der Waals surface area contributed by atoms with Gasteiger partial charge >= 0.3 is 11.8 Å². The van der Waals surface area contributed by atoms with Crippen LogP contribution in [-0.2, 0) is 38.0 Å². The molecule has 0 bridgehead atoms. The van der Waals surface area contributed by atoms with Gasteiger partial charge in [0.05, 0.1) is 31.7 Å². The van der Waals surface area contributed by atoms with Crippen LogP contribution in [0.5, 0.6) is 0 Å². The first-order chi connectivity index (χ1) is 15.2. The van der Waals surface area contributed by atoms with Crippen LogP contribution in [0.4, 0.5) is 8.78 Å². The van der Waals surface area contributed by atoms with E-state index in [1.165, 1.54) is 41.2 Å². The number of benzene rings is 1. The van der Waals surface area contributed by atoms with Crippen molar-refractivity contribution in [3.8, 4) is 0 Å². The molecule has 0 N–H and O–H groups in total. The lowest BCUT2D eigenvalue weighted by Gasteiger charge is -2.20. The zero-order chi connectivity index (χ0) is 23.0. The van der Waals surface area contributed by atoms with E-state index < -0.39 is 29.2 Å². The van der Waals surface area contributed by atoms with Gasteiger partial charge in [-0.05, 0) is 12.5 Å². The Bertz CT molecular complexity index is 1370. The first-order valence-electron chi connectivity index (χ1n) is 9.78. The molecule has 4 rings (SSSR count). The Morgan fingerprint density at radius 2 is 1.84 bits per heavy atom. The second-order valence-corrected chi connectivity index (χ2v) is 7.51. The predicted molar refractivity (Wildman–Crippen MR) is 110 cm³/mol. The summed E-state index contributed by atoms with van der Waals surface area (Å²) >= 11 is 0. The van der Waals surface area contributed by atoms with E-state index in [-0.39, 0.29) is 17.7 Å². The molecular formula is C20H21F2N7O3. The molecule has 0 fully saturated rings. The van der Waals surface area contributed by atoms with E-state index in [9.17, 15) is 18.4 Å². The number of imidazole rings is 1. The van der Waals surface area contributed by atoms with E-state index in [1.807, 2.05) is 30.3 Å². The minimum absolute atomic E-state index is 0.0856. The Morgan fingerprint density at radius 1 is 1.12 bits per heavy atom. The summed E-state index contributed by atoms with van der Waals surface area (Å²) in [6, 6.07) is 9.26. The molecular weight excluding hydrogens is 424 g/mol. The minimum Gasteiger partial charge on any atom is -0.322 e. The maximum Gasteiger partial charge on any atom is 0.403 e. The molecule has 3 aromatic heterocycles. The number of alkyl halides is 2. The van der Waals surface area contributed by atoms with Crippen molar-refractivity contribution in [2.45, 2.75) is 32.2 Å². The molecule has 0 amide bonds. The van der Waals surface area contributed by atoms with Gasteiger partial charge < -0.3 is 9.30 Å². The van der Waals surface area contributed by atoms with Crippen LogP contribution in [0.2, 0.25) is 0 Å². The minimum atomic E-state index is -3.69. The van der Waals surface area contributed by atoms with Crippen LogP contribution in [0.3, 0.4) is 0 Å². The lowest BCUT2D eigenvalue weighted by molar-refractivity contribution is -0.274. The molecule has 1 aromatic carbocycles. The molecule has 12 heteroatoms. The Hall–Kier alpha value is -3.67. The lowest BCUT2D eigenvalue weighted by atomic mass is 10.2. The number of halogens is 2. The van der Waals surface area contributed by atoms with Gasteiger partial charge in [-0.25, -0.2) is 14.5 Å². The van der Waals surface area contributed by atoms with Gasteiger partial charge in [0.25, 0.3) is 5.56 Å². The molecule has 3 heterocycles. The molecule has 1 unspecified atom stereocenters. The number of fused-ring (bicyclic) bond motifs is 1. The van der Waals surface area contributed by atoms with Gasteiger partial charge in [0.1, 0.15) is 0 Å². The van der Waals surface area contributed by atoms with Gasteiger partial charge in [-0.3, -0.25) is 13.9 Å². The highest BCUT2D eigenvalue weighted by molar-refractivity contribution is 5.69. The number of ether oxygens (including phenoxy) is 1. The normalized spacial score (nSPS) is 13.0. The average molecular weight is 445 g/mol. The lowest BCUT2D eigenvalue weighted by Crippen LogP contribution is -2.38. The van der Waals surface area contributed by atoms with Crippen molar-refractivity contribution < 1.29 is 13.5 Å². The molecule has 0 aliphatic rings. The molecule has 10 nitrogen and oxygen atoms in total. The molecule has 168 valence electrons. The summed E-state index contributed by atoms with van der Waals surface area (Å²) in [6.45, 7) is 1.65. The van der Waals surface area contributed by atoms with Gasteiger partial charge in [-0.1, -0.05) is 35.5 Å². The fraction of sp³-hybridized carbons (Fsp3) is 0.350. The van der Waals surface area contributed by atoms with Crippen LogP contribution in [0, 0.1) is 0 Å². The second kappa shape index (κ2) is 8.11. The summed E-state index contributed by atoms with van der Waals surface area (Å²) < 4.78 is 39.2. The first-order valence-corrected chi connectivity index (χ1v) is 9.78. The predicted octanol–water partition coefficient (Wildman–Crippen LogP) is 1.23. The van der Waals surface area contributed by atoms with Crippen molar-refractivity contribution in [1.82, 2.24) is 33.7 Å².